The summed E-state index contributed by atoms with van der Waals surface area (Å²) in [4.78, 5) is 37.3. The number of imidazole rings is 1. The fourth-order valence-electron chi connectivity index (χ4n) is 5.67. The Bertz CT molecular complexity index is 1310. The van der Waals surface area contributed by atoms with E-state index in [1.807, 2.05) is 59.2 Å². The molecule has 0 aliphatic carbocycles. The van der Waals surface area contributed by atoms with E-state index in [1.54, 1.807) is 0 Å². The standard InChI is InChI=1S/C30H39N7O2/c1-2-30(13-18-36(19-14-30)22-26-31-16-17-32-26)12-15-33-27(38)20-34-29(39)28-35-24-10-6-7-11-25(24)37(28)21-23-8-4-3-5-9-23/h3-11H,2,12-22H2,1H3,(H,31,32)(H,33,38)(H,34,39). The molecule has 3 aromatic rings. The van der Waals surface area contributed by atoms with Crippen molar-refractivity contribution < 1.29 is 9.59 Å². The first-order valence-electron chi connectivity index (χ1n) is 14.1. The van der Waals surface area contributed by atoms with Gasteiger partial charge in [0, 0.05) is 19.6 Å². The van der Waals surface area contributed by atoms with E-state index in [-0.39, 0.29) is 23.8 Å². The van der Waals surface area contributed by atoms with E-state index in [2.05, 4.69) is 37.8 Å². The first-order valence-corrected chi connectivity index (χ1v) is 14.1. The Kier molecular flexibility index (Phi) is 8.56. The van der Waals surface area contributed by atoms with Gasteiger partial charge in [0.2, 0.25) is 5.91 Å². The number of hydrogen-bond donors (Lipinski definition) is 3. The SMILES string of the molecule is CCC1(CCNC(=O)CNC(=O)c2nc3ccccc3n2Cc2ccccc2)CCN(CC2=NCCN2)CC1. The van der Waals surface area contributed by atoms with Gasteiger partial charge in [0.05, 0.1) is 30.7 Å². The van der Waals surface area contributed by atoms with Crippen molar-refractivity contribution in [3.05, 3.63) is 66.0 Å². The number of amides is 2. The van der Waals surface area contributed by atoms with Crippen molar-refractivity contribution in [1.29, 1.82) is 0 Å². The molecule has 5 rings (SSSR count). The second-order valence-corrected chi connectivity index (χ2v) is 10.7. The van der Waals surface area contributed by atoms with E-state index < -0.39 is 0 Å². The van der Waals surface area contributed by atoms with Crippen LogP contribution in [0.5, 0.6) is 0 Å². The number of nitrogens with zero attached hydrogens (tertiary/aromatic N) is 4. The highest BCUT2D eigenvalue weighted by atomic mass is 16.2. The first-order chi connectivity index (χ1) is 19.0. The molecule has 0 bridgehead atoms. The molecular weight excluding hydrogens is 490 g/mol. The van der Waals surface area contributed by atoms with Crippen molar-refractivity contribution in [2.75, 3.05) is 45.8 Å². The average Bonchev–Trinajstić information content (AvgIpc) is 3.61. The minimum atomic E-state index is -0.351. The molecule has 0 spiro atoms. The van der Waals surface area contributed by atoms with E-state index in [4.69, 9.17) is 0 Å². The summed E-state index contributed by atoms with van der Waals surface area (Å²) in [6, 6.07) is 17.7. The summed E-state index contributed by atoms with van der Waals surface area (Å²) in [5.74, 6) is 0.895. The van der Waals surface area contributed by atoms with Crippen molar-refractivity contribution in [3.63, 3.8) is 0 Å². The third-order valence-electron chi connectivity index (χ3n) is 8.21. The van der Waals surface area contributed by atoms with Crippen LogP contribution in [0, 0.1) is 5.41 Å². The molecule has 2 aliphatic rings. The maximum absolute atomic E-state index is 13.1. The number of nitrogens with one attached hydrogen (secondary N) is 3. The minimum absolute atomic E-state index is 0.0740. The average molecular weight is 530 g/mol. The van der Waals surface area contributed by atoms with Crippen LogP contribution in [0.25, 0.3) is 11.0 Å². The lowest BCUT2D eigenvalue weighted by Crippen LogP contribution is -2.45. The maximum atomic E-state index is 13.1. The normalized spacial score (nSPS) is 17.0. The van der Waals surface area contributed by atoms with Crippen LogP contribution in [0.15, 0.2) is 59.6 Å². The molecule has 206 valence electrons. The van der Waals surface area contributed by atoms with Gasteiger partial charge in [-0.25, -0.2) is 4.98 Å². The maximum Gasteiger partial charge on any atom is 0.287 e. The van der Waals surface area contributed by atoms with Crippen LogP contribution in [-0.4, -0.2) is 77.9 Å². The molecule has 39 heavy (non-hydrogen) atoms. The van der Waals surface area contributed by atoms with Gasteiger partial charge in [0.1, 0.15) is 5.84 Å². The third-order valence-corrected chi connectivity index (χ3v) is 8.21. The highest BCUT2D eigenvalue weighted by Gasteiger charge is 2.33. The van der Waals surface area contributed by atoms with Crippen LogP contribution in [0.2, 0.25) is 0 Å². The Hall–Kier alpha value is -3.72. The topological polar surface area (TPSA) is 104 Å². The van der Waals surface area contributed by atoms with Gasteiger partial charge in [-0.05, 0) is 55.5 Å². The van der Waals surface area contributed by atoms with Crippen LogP contribution < -0.4 is 16.0 Å². The molecule has 0 atom stereocenters. The molecule has 2 amide bonds. The van der Waals surface area contributed by atoms with E-state index in [9.17, 15) is 9.59 Å². The zero-order valence-electron chi connectivity index (χ0n) is 22.8. The van der Waals surface area contributed by atoms with Gasteiger partial charge in [-0.2, -0.15) is 0 Å². The summed E-state index contributed by atoms with van der Waals surface area (Å²) >= 11 is 0. The predicted octanol–water partition coefficient (Wildman–Crippen LogP) is 2.81. The van der Waals surface area contributed by atoms with Crippen LogP contribution in [0.1, 0.15) is 48.8 Å². The number of carbonyl (C=O) groups excluding carboxylic acids is 2. The number of para-hydroxylation sites is 2. The molecule has 3 N–H and O–H groups in total. The van der Waals surface area contributed by atoms with Crippen LogP contribution >= 0.6 is 0 Å². The largest absolute Gasteiger partial charge is 0.371 e. The van der Waals surface area contributed by atoms with Gasteiger partial charge in [0.15, 0.2) is 5.82 Å². The van der Waals surface area contributed by atoms with E-state index in [0.29, 0.717) is 18.9 Å². The Morgan fingerprint density at radius 2 is 1.77 bits per heavy atom. The van der Waals surface area contributed by atoms with Crippen molar-refractivity contribution in [2.24, 2.45) is 10.4 Å². The Morgan fingerprint density at radius 1 is 1.00 bits per heavy atom. The summed E-state index contributed by atoms with van der Waals surface area (Å²) < 4.78 is 1.91. The number of carbonyl (C=O) groups is 2. The third kappa shape index (κ3) is 6.65. The van der Waals surface area contributed by atoms with E-state index in [1.165, 1.54) is 0 Å². The predicted molar refractivity (Wildman–Crippen MR) is 154 cm³/mol. The molecule has 9 heteroatoms. The number of aliphatic imine (C=N–C) groups is 1. The number of aromatic nitrogens is 2. The van der Waals surface area contributed by atoms with Crippen molar-refractivity contribution in [3.8, 4) is 0 Å². The van der Waals surface area contributed by atoms with Crippen molar-refractivity contribution >= 4 is 28.7 Å². The monoisotopic (exact) mass is 529 g/mol. The zero-order valence-corrected chi connectivity index (χ0v) is 22.8. The first kappa shape index (κ1) is 26.9. The molecule has 0 saturated carbocycles. The molecule has 0 radical (unpaired) electrons. The zero-order chi connectivity index (χ0) is 27.1. The number of rotatable bonds is 11. The lowest BCUT2D eigenvalue weighted by atomic mass is 9.73. The molecule has 1 fully saturated rings. The molecule has 1 saturated heterocycles. The van der Waals surface area contributed by atoms with E-state index in [0.717, 1.165) is 80.8 Å². The summed E-state index contributed by atoms with van der Waals surface area (Å²) in [5.41, 5.74) is 2.97. The fourth-order valence-corrected chi connectivity index (χ4v) is 5.67. The summed E-state index contributed by atoms with van der Waals surface area (Å²) in [7, 11) is 0. The Morgan fingerprint density at radius 3 is 2.51 bits per heavy atom. The van der Waals surface area contributed by atoms with Gasteiger partial charge in [0.25, 0.3) is 5.91 Å². The molecular formula is C30H39N7O2. The fraction of sp³-hybridized carbons (Fsp3) is 0.467. The van der Waals surface area contributed by atoms with Crippen LogP contribution in [-0.2, 0) is 11.3 Å². The van der Waals surface area contributed by atoms with Crippen molar-refractivity contribution in [2.45, 2.75) is 39.2 Å². The molecule has 0 unspecified atom stereocenters. The second-order valence-electron chi connectivity index (χ2n) is 10.7. The molecule has 9 nitrogen and oxygen atoms in total. The highest BCUT2D eigenvalue weighted by molar-refractivity contribution is 5.96. The Labute approximate surface area is 230 Å². The summed E-state index contributed by atoms with van der Waals surface area (Å²) in [5, 5.41) is 9.16. The van der Waals surface area contributed by atoms with Gasteiger partial charge in [-0.3, -0.25) is 19.5 Å². The molecule has 3 heterocycles. The number of fused-ring (bicyclic) bond motifs is 1. The number of benzene rings is 2. The highest BCUT2D eigenvalue weighted by Crippen LogP contribution is 2.37. The molecule has 1 aromatic heterocycles. The second kappa shape index (κ2) is 12.4. The number of piperidine rings is 1. The lowest BCUT2D eigenvalue weighted by molar-refractivity contribution is -0.120. The van der Waals surface area contributed by atoms with Crippen molar-refractivity contribution in [1.82, 2.24) is 30.4 Å². The van der Waals surface area contributed by atoms with Gasteiger partial charge in [-0.1, -0.05) is 55.8 Å². The molecule has 2 aromatic carbocycles. The number of hydrogen-bond acceptors (Lipinski definition) is 6. The summed E-state index contributed by atoms with van der Waals surface area (Å²) in [6.45, 7) is 8.18. The van der Waals surface area contributed by atoms with Gasteiger partial charge >= 0.3 is 0 Å². The number of likely N-dealkylation sites (tertiary alicyclic amines) is 1. The van der Waals surface area contributed by atoms with Gasteiger partial charge in [-0.15, -0.1) is 0 Å². The van der Waals surface area contributed by atoms with Crippen LogP contribution in [0.3, 0.4) is 0 Å². The van der Waals surface area contributed by atoms with Crippen LogP contribution in [0.4, 0.5) is 0 Å². The lowest BCUT2D eigenvalue weighted by Gasteiger charge is -2.41. The van der Waals surface area contributed by atoms with Gasteiger partial charge < -0.3 is 20.5 Å². The summed E-state index contributed by atoms with van der Waals surface area (Å²) in [6.07, 6.45) is 4.30. The quantitative estimate of drug-likeness (QED) is 0.355. The smallest absolute Gasteiger partial charge is 0.287 e. The molecule has 2 aliphatic heterocycles. The minimum Gasteiger partial charge on any atom is -0.371 e. The van der Waals surface area contributed by atoms with E-state index >= 15 is 0 Å². The Balaban J connectivity index is 1.11. The number of amidine groups is 1.